The zero-order chi connectivity index (χ0) is 13.2. The zero-order valence-electron chi connectivity index (χ0n) is 10.9. The van der Waals surface area contributed by atoms with Crippen LogP contribution in [0, 0.1) is 11.3 Å². The van der Waals surface area contributed by atoms with E-state index in [1.807, 2.05) is 20.8 Å². The van der Waals surface area contributed by atoms with Gasteiger partial charge in [0.1, 0.15) is 0 Å². The van der Waals surface area contributed by atoms with Crippen LogP contribution in [0.25, 0.3) is 0 Å². The highest BCUT2D eigenvalue weighted by Crippen LogP contribution is 2.22. The molecule has 5 heteroatoms. The average Bonchev–Trinajstić information content (AvgIpc) is 2.26. The molecule has 1 aliphatic heterocycles. The fraction of sp³-hybridized carbons (Fsp3) is 0.833. The van der Waals surface area contributed by atoms with E-state index in [2.05, 4.69) is 0 Å². The van der Waals surface area contributed by atoms with E-state index in [4.69, 9.17) is 11.5 Å². The van der Waals surface area contributed by atoms with Crippen molar-refractivity contribution in [1.82, 2.24) is 4.90 Å². The summed E-state index contributed by atoms with van der Waals surface area (Å²) < 4.78 is 0. The molecule has 1 heterocycles. The summed E-state index contributed by atoms with van der Waals surface area (Å²) >= 11 is 0. The van der Waals surface area contributed by atoms with Gasteiger partial charge in [-0.05, 0) is 18.3 Å². The Bertz CT molecular complexity index is 301. The van der Waals surface area contributed by atoms with Gasteiger partial charge in [0.15, 0.2) is 0 Å². The lowest BCUT2D eigenvalue weighted by atomic mass is 9.86. The van der Waals surface area contributed by atoms with Gasteiger partial charge >= 0.3 is 0 Å². The first-order valence-corrected chi connectivity index (χ1v) is 6.07. The lowest BCUT2D eigenvalue weighted by Gasteiger charge is -2.35. The van der Waals surface area contributed by atoms with Gasteiger partial charge in [-0.25, -0.2) is 0 Å². The molecule has 1 atom stereocenters. The Morgan fingerprint density at radius 1 is 1.24 bits per heavy atom. The van der Waals surface area contributed by atoms with Gasteiger partial charge in [-0.15, -0.1) is 0 Å². The van der Waals surface area contributed by atoms with Crippen molar-refractivity contribution in [3.05, 3.63) is 0 Å². The summed E-state index contributed by atoms with van der Waals surface area (Å²) in [6.07, 6.45) is 1.30. The highest BCUT2D eigenvalue weighted by molar-refractivity contribution is 5.83. The minimum atomic E-state index is -0.493. The van der Waals surface area contributed by atoms with Crippen LogP contribution in [0.1, 0.15) is 33.6 Å². The molecule has 0 aromatic carbocycles. The van der Waals surface area contributed by atoms with Crippen molar-refractivity contribution in [3.8, 4) is 0 Å². The van der Waals surface area contributed by atoms with Gasteiger partial charge in [-0.3, -0.25) is 9.59 Å². The second-order valence-corrected chi connectivity index (χ2v) is 5.85. The van der Waals surface area contributed by atoms with Gasteiger partial charge in [0, 0.05) is 19.0 Å². The minimum Gasteiger partial charge on any atom is -0.369 e. The van der Waals surface area contributed by atoms with Crippen LogP contribution < -0.4 is 11.5 Å². The van der Waals surface area contributed by atoms with E-state index in [1.165, 1.54) is 0 Å². The molecule has 17 heavy (non-hydrogen) atoms. The molecule has 0 saturated carbocycles. The number of primary amides is 1. The Kier molecular flexibility index (Phi) is 4.14. The fourth-order valence-electron chi connectivity index (χ4n) is 1.95. The zero-order valence-corrected chi connectivity index (χ0v) is 10.9. The molecule has 0 unspecified atom stereocenters. The molecule has 4 N–H and O–H groups in total. The lowest BCUT2D eigenvalue weighted by Crippen LogP contribution is -2.53. The van der Waals surface area contributed by atoms with Crippen molar-refractivity contribution >= 4 is 11.8 Å². The van der Waals surface area contributed by atoms with Crippen LogP contribution in [0.5, 0.6) is 0 Å². The summed E-state index contributed by atoms with van der Waals surface area (Å²) in [6, 6.07) is -0.493. The van der Waals surface area contributed by atoms with Gasteiger partial charge in [-0.1, -0.05) is 20.8 Å². The van der Waals surface area contributed by atoms with Crippen LogP contribution in [-0.2, 0) is 9.59 Å². The highest BCUT2D eigenvalue weighted by Gasteiger charge is 2.33. The second-order valence-electron chi connectivity index (χ2n) is 5.85. The monoisotopic (exact) mass is 241 g/mol. The fourth-order valence-corrected chi connectivity index (χ4v) is 1.95. The van der Waals surface area contributed by atoms with E-state index in [9.17, 15) is 9.59 Å². The van der Waals surface area contributed by atoms with Crippen LogP contribution in [0.15, 0.2) is 0 Å². The van der Waals surface area contributed by atoms with Crippen LogP contribution >= 0.6 is 0 Å². The normalized spacial score (nSPS) is 20.1. The maximum atomic E-state index is 12.1. The van der Waals surface area contributed by atoms with Crippen molar-refractivity contribution < 1.29 is 9.59 Å². The molecule has 1 rings (SSSR count). The van der Waals surface area contributed by atoms with Gasteiger partial charge < -0.3 is 16.4 Å². The summed E-state index contributed by atoms with van der Waals surface area (Å²) in [7, 11) is 0. The first kappa shape index (κ1) is 14.0. The van der Waals surface area contributed by atoms with E-state index in [1.54, 1.807) is 4.90 Å². The predicted molar refractivity (Wildman–Crippen MR) is 65.9 cm³/mol. The number of likely N-dealkylation sites (tertiary alicyclic amines) is 1. The maximum Gasteiger partial charge on any atom is 0.240 e. The Labute approximate surface area is 103 Å². The molecule has 1 fully saturated rings. The van der Waals surface area contributed by atoms with E-state index in [0.717, 1.165) is 0 Å². The molecular weight excluding hydrogens is 218 g/mol. The number of rotatable bonds is 2. The Morgan fingerprint density at radius 2 is 1.71 bits per heavy atom. The van der Waals surface area contributed by atoms with Crippen LogP contribution in [0.4, 0.5) is 0 Å². The first-order valence-electron chi connectivity index (χ1n) is 6.07. The van der Waals surface area contributed by atoms with Crippen LogP contribution in [-0.4, -0.2) is 35.8 Å². The number of hydrogen-bond acceptors (Lipinski definition) is 3. The molecule has 2 amide bonds. The van der Waals surface area contributed by atoms with Crippen molar-refractivity contribution in [2.24, 2.45) is 22.8 Å². The summed E-state index contributed by atoms with van der Waals surface area (Å²) in [4.78, 5) is 24.9. The third kappa shape index (κ3) is 3.43. The van der Waals surface area contributed by atoms with Gasteiger partial charge in [0.25, 0.3) is 0 Å². The smallest absolute Gasteiger partial charge is 0.240 e. The molecule has 1 saturated heterocycles. The number of carbonyl (C=O) groups excluding carboxylic acids is 2. The van der Waals surface area contributed by atoms with Crippen molar-refractivity contribution in [3.63, 3.8) is 0 Å². The Morgan fingerprint density at radius 3 is 2.06 bits per heavy atom. The quantitative estimate of drug-likeness (QED) is 0.717. The van der Waals surface area contributed by atoms with Crippen LogP contribution in [0.2, 0.25) is 0 Å². The molecule has 0 bridgehead atoms. The SMILES string of the molecule is CC(C)(C)[C@H](N)C(=O)N1CCC(C(N)=O)CC1. The second kappa shape index (κ2) is 5.04. The number of carbonyl (C=O) groups is 2. The molecule has 0 aromatic rings. The van der Waals surface area contributed by atoms with Crippen LogP contribution in [0.3, 0.4) is 0 Å². The molecular formula is C12H23N3O2. The minimum absolute atomic E-state index is 0.0274. The summed E-state index contributed by atoms with van der Waals surface area (Å²) in [6.45, 7) is 7.01. The summed E-state index contributed by atoms with van der Waals surface area (Å²) in [5, 5.41) is 0. The molecule has 98 valence electrons. The number of nitrogens with zero attached hydrogens (tertiary/aromatic N) is 1. The highest BCUT2D eigenvalue weighted by atomic mass is 16.2. The summed E-state index contributed by atoms with van der Waals surface area (Å²) in [5.74, 6) is -0.387. The lowest BCUT2D eigenvalue weighted by molar-refractivity contribution is -0.138. The largest absolute Gasteiger partial charge is 0.369 e. The molecule has 0 radical (unpaired) electrons. The third-order valence-corrected chi connectivity index (χ3v) is 3.41. The number of hydrogen-bond donors (Lipinski definition) is 2. The van der Waals surface area contributed by atoms with E-state index in [0.29, 0.717) is 25.9 Å². The van der Waals surface area contributed by atoms with Gasteiger partial charge in [0.05, 0.1) is 6.04 Å². The molecule has 0 aromatic heterocycles. The molecule has 1 aliphatic rings. The van der Waals surface area contributed by atoms with E-state index < -0.39 is 6.04 Å². The Balaban J connectivity index is 2.55. The third-order valence-electron chi connectivity index (χ3n) is 3.41. The van der Waals surface area contributed by atoms with Crippen molar-refractivity contribution in [1.29, 1.82) is 0 Å². The van der Waals surface area contributed by atoms with Crippen molar-refractivity contribution in [2.45, 2.75) is 39.7 Å². The molecule has 5 nitrogen and oxygen atoms in total. The number of piperidine rings is 1. The molecule has 0 spiro atoms. The average molecular weight is 241 g/mol. The Hall–Kier alpha value is -1.10. The van der Waals surface area contributed by atoms with Gasteiger partial charge in [0.2, 0.25) is 11.8 Å². The topological polar surface area (TPSA) is 89.4 Å². The van der Waals surface area contributed by atoms with Crippen molar-refractivity contribution in [2.75, 3.05) is 13.1 Å². The van der Waals surface area contributed by atoms with Gasteiger partial charge in [-0.2, -0.15) is 0 Å². The summed E-state index contributed by atoms with van der Waals surface area (Å²) in [5.41, 5.74) is 10.9. The maximum absolute atomic E-state index is 12.1. The predicted octanol–water partition coefficient (Wildman–Crippen LogP) is 0.0837. The van der Waals surface area contributed by atoms with E-state index >= 15 is 0 Å². The first-order chi connectivity index (χ1) is 7.73. The standard InChI is InChI=1S/C12H23N3O2/c1-12(2,3)9(13)11(17)15-6-4-8(5-7-15)10(14)16/h8-9H,4-7,13H2,1-3H3,(H2,14,16)/t9-/m1/s1. The van der Waals surface area contributed by atoms with E-state index in [-0.39, 0.29) is 23.1 Å². The molecule has 0 aliphatic carbocycles. The number of amides is 2. The number of nitrogens with two attached hydrogens (primary N) is 2.